The lowest BCUT2D eigenvalue weighted by Crippen LogP contribution is -2.37. The number of piperidine rings is 1. The zero-order chi connectivity index (χ0) is 18.2. The van der Waals surface area contributed by atoms with Gasteiger partial charge in [-0.15, -0.1) is 21.5 Å². The summed E-state index contributed by atoms with van der Waals surface area (Å²) in [6, 6.07) is 9.61. The standard InChI is InChI=1S/C19H16N4O3S/c24-19(18-20-14-3-1-2-4-15(14)27-18)23-8-5-12(6-9-23)16-21-22-17(26-16)13-7-10-25-11-13/h1-4,7,10-12H,5-6,8-9H2. The number of thiazole rings is 1. The van der Waals surface area contributed by atoms with Gasteiger partial charge in [0, 0.05) is 19.0 Å². The van der Waals surface area contributed by atoms with Crippen molar-refractivity contribution >= 4 is 27.5 Å². The van der Waals surface area contributed by atoms with Crippen molar-refractivity contribution in [3.63, 3.8) is 0 Å². The molecule has 0 aliphatic carbocycles. The summed E-state index contributed by atoms with van der Waals surface area (Å²) in [5, 5.41) is 8.83. The normalized spacial score (nSPS) is 15.5. The number of furan rings is 1. The number of hydrogen-bond donors (Lipinski definition) is 0. The molecule has 0 spiro atoms. The zero-order valence-electron chi connectivity index (χ0n) is 14.4. The smallest absolute Gasteiger partial charge is 0.282 e. The molecule has 3 aromatic heterocycles. The number of hydrogen-bond acceptors (Lipinski definition) is 7. The molecule has 0 unspecified atom stereocenters. The van der Waals surface area contributed by atoms with Crippen LogP contribution >= 0.6 is 11.3 Å². The van der Waals surface area contributed by atoms with Crippen LogP contribution in [0.3, 0.4) is 0 Å². The molecule has 1 aliphatic rings. The number of para-hydroxylation sites is 1. The second-order valence-electron chi connectivity index (χ2n) is 6.51. The van der Waals surface area contributed by atoms with E-state index in [9.17, 15) is 4.79 Å². The highest BCUT2D eigenvalue weighted by Crippen LogP contribution is 2.31. The first-order valence-electron chi connectivity index (χ1n) is 8.79. The van der Waals surface area contributed by atoms with Crippen LogP contribution in [-0.4, -0.2) is 39.1 Å². The maximum Gasteiger partial charge on any atom is 0.282 e. The van der Waals surface area contributed by atoms with E-state index in [1.807, 2.05) is 29.2 Å². The molecule has 0 saturated carbocycles. The molecule has 4 heterocycles. The summed E-state index contributed by atoms with van der Waals surface area (Å²) in [7, 11) is 0. The van der Waals surface area contributed by atoms with Gasteiger partial charge in [-0.2, -0.15) is 0 Å². The minimum atomic E-state index is -0.000680. The van der Waals surface area contributed by atoms with Crippen molar-refractivity contribution in [3.8, 4) is 11.5 Å². The topological polar surface area (TPSA) is 85.3 Å². The van der Waals surface area contributed by atoms with E-state index in [1.165, 1.54) is 11.3 Å². The number of fused-ring (bicyclic) bond motifs is 1. The van der Waals surface area contributed by atoms with E-state index in [0.29, 0.717) is 29.9 Å². The first kappa shape index (κ1) is 16.2. The second-order valence-corrected chi connectivity index (χ2v) is 7.54. The highest BCUT2D eigenvalue weighted by Gasteiger charge is 2.29. The molecule has 1 amide bonds. The Kier molecular flexibility index (Phi) is 3.97. The molecule has 0 N–H and O–H groups in total. The molecular weight excluding hydrogens is 364 g/mol. The molecular formula is C19H16N4O3S. The second kappa shape index (κ2) is 6.62. The Morgan fingerprint density at radius 2 is 2.00 bits per heavy atom. The van der Waals surface area contributed by atoms with E-state index in [-0.39, 0.29) is 11.8 Å². The first-order chi connectivity index (χ1) is 13.3. The van der Waals surface area contributed by atoms with Crippen LogP contribution in [0.4, 0.5) is 0 Å². The van der Waals surface area contributed by atoms with Crippen molar-refractivity contribution in [1.82, 2.24) is 20.1 Å². The molecule has 5 rings (SSSR count). The van der Waals surface area contributed by atoms with Gasteiger partial charge in [-0.1, -0.05) is 12.1 Å². The fraction of sp³-hybridized carbons (Fsp3) is 0.263. The lowest BCUT2D eigenvalue weighted by molar-refractivity contribution is 0.0706. The van der Waals surface area contributed by atoms with Crippen LogP contribution in [0, 0.1) is 0 Å². The summed E-state index contributed by atoms with van der Waals surface area (Å²) in [6.45, 7) is 1.31. The van der Waals surface area contributed by atoms with Crippen molar-refractivity contribution in [2.45, 2.75) is 18.8 Å². The predicted octanol–water partition coefficient (Wildman–Crippen LogP) is 3.96. The van der Waals surface area contributed by atoms with Crippen LogP contribution in [0.15, 0.2) is 51.7 Å². The molecule has 4 aromatic rings. The van der Waals surface area contributed by atoms with Crippen molar-refractivity contribution in [1.29, 1.82) is 0 Å². The average molecular weight is 380 g/mol. The lowest BCUT2D eigenvalue weighted by Gasteiger charge is -2.29. The third-order valence-corrected chi connectivity index (χ3v) is 5.84. The fourth-order valence-corrected chi connectivity index (χ4v) is 4.26. The molecule has 1 aromatic carbocycles. The van der Waals surface area contributed by atoms with Crippen LogP contribution in [0.25, 0.3) is 21.7 Å². The largest absolute Gasteiger partial charge is 0.472 e. The monoisotopic (exact) mass is 380 g/mol. The number of aromatic nitrogens is 3. The highest BCUT2D eigenvalue weighted by atomic mass is 32.1. The summed E-state index contributed by atoms with van der Waals surface area (Å²) in [6.07, 6.45) is 4.75. The van der Waals surface area contributed by atoms with Crippen molar-refractivity contribution < 1.29 is 13.6 Å². The van der Waals surface area contributed by atoms with Gasteiger partial charge in [0.05, 0.1) is 22.0 Å². The summed E-state index contributed by atoms with van der Waals surface area (Å²) in [4.78, 5) is 19.1. The van der Waals surface area contributed by atoms with E-state index in [0.717, 1.165) is 28.6 Å². The third kappa shape index (κ3) is 3.02. The molecule has 1 fully saturated rings. The number of likely N-dealkylation sites (tertiary alicyclic amines) is 1. The molecule has 0 radical (unpaired) electrons. The van der Waals surface area contributed by atoms with Gasteiger partial charge < -0.3 is 13.7 Å². The number of carbonyl (C=O) groups is 1. The van der Waals surface area contributed by atoms with Gasteiger partial charge in [-0.3, -0.25) is 4.79 Å². The van der Waals surface area contributed by atoms with Crippen molar-refractivity contribution in [2.24, 2.45) is 0 Å². The Labute approximate surface area is 158 Å². The first-order valence-corrected chi connectivity index (χ1v) is 9.60. The minimum absolute atomic E-state index is 0.000680. The summed E-state index contributed by atoms with van der Waals surface area (Å²) >= 11 is 1.45. The molecule has 0 bridgehead atoms. The van der Waals surface area contributed by atoms with Crippen LogP contribution in [0.2, 0.25) is 0 Å². The Balaban J connectivity index is 1.26. The average Bonchev–Trinajstić information content (AvgIpc) is 3.47. The van der Waals surface area contributed by atoms with Gasteiger partial charge in [0.25, 0.3) is 11.8 Å². The Morgan fingerprint density at radius 1 is 1.15 bits per heavy atom. The molecule has 27 heavy (non-hydrogen) atoms. The van der Waals surface area contributed by atoms with Gasteiger partial charge in [0.2, 0.25) is 5.89 Å². The van der Waals surface area contributed by atoms with E-state index < -0.39 is 0 Å². The Hall–Kier alpha value is -3.00. The van der Waals surface area contributed by atoms with Gasteiger partial charge >= 0.3 is 0 Å². The van der Waals surface area contributed by atoms with Crippen LogP contribution in [0.5, 0.6) is 0 Å². The van der Waals surface area contributed by atoms with E-state index >= 15 is 0 Å². The van der Waals surface area contributed by atoms with Gasteiger partial charge in [-0.25, -0.2) is 4.98 Å². The fourth-order valence-electron chi connectivity index (χ4n) is 3.33. The van der Waals surface area contributed by atoms with Crippen molar-refractivity contribution in [3.05, 3.63) is 53.8 Å². The number of rotatable bonds is 3. The Morgan fingerprint density at radius 3 is 2.78 bits per heavy atom. The van der Waals surface area contributed by atoms with Crippen LogP contribution < -0.4 is 0 Å². The van der Waals surface area contributed by atoms with Gasteiger partial charge in [0.1, 0.15) is 6.26 Å². The lowest BCUT2D eigenvalue weighted by atomic mass is 9.97. The molecule has 1 saturated heterocycles. The predicted molar refractivity (Wildman–Crippen MR) is 99.5 cm³/mol. The highest BCUT2D eigenvalue weighted by molar-refractivity contribution is 7.20. The maximum atomic E-state index is 12.8. The summed E-state index contributed by atoms with van der Waals surface area (Å²) in [5.41, 5.74) is 1.65. The SMILES string of the molecule is O=C(c1nc2ccccc2s1)N1CCC(c2nnc(-c3ccoc3)o2)CC1. The molecule has 8 heteroatoms. The van der Waals surface area contributed by atoms with E-state index in [2.05, 4.69) is 15.2 Å². The molecule has 136 valence electrons. The number of carbonyl (C=O) groups excluding carboxylic acids is 1. The number of amides is 1. The minimum Gasteiger partial charge on any atom is -0.472 e. The summed E-state index contributed by atoms with van der Waals surface area (Å²) < 4.78 is 11.9. The molecule has 0 atom stereocenters. The summed E-state index contributed by atoms with van der Waals surface area (Å²) in [5.74, 6) is 1.25. The molecule has 1 aliphatic heterocycles. The quantitative estimate of drug-likeness (QED) is 0.535. The van der Waals surface area contributed by atoms with Crippen LogP contribution in [0.1, 0.15) is 34.5 Å². The Bertz CT molecular complexity index is 1040. The van der Waals surface area contributed by atoms with E-state index in [4.69, 9.17) is 8.83 Å². The molecule has 7 nitrogen and oxygen atoms in total. The number of benzene rings is 1. The maximum absolute atomic E-state index is 12.8. The van der Waals surface area contributed by atoms with Gasteiger partial charge in [0.15, 0.2) is 5.01 Å². The van der Waals surface area contributed by atoms with E-state index in [1.54, 1.807) is 18.6 Å². The van der Waals surface area contributed by atoms with Crippen molar-refractivity contribution in [2.75, 3.05) is 13.1 Å². The number of nitrogens with zero attached hydrogens (tertiary/aromatic N) is 4. The van der Waals surface area contributed by atoms with Crippen LogP contribution in [-0.2, 0) is 0 Å². The van der Waals surface area contributed by atoms with Gasteiger partial charge in [-0.05, 0) is 31.0 Å². The third-order valence-electron chi connectivity index (χ3n) is 4.82. The zero-order valence-corrected chi connectivity index (χ0v) is 15.2.